The zero-order valence-electron chi connectivity index (χ0n) is 12.0. The fourth-order valence-corrected chi connectivity index (χ4v) is 2.37. The molecule has 0 spiro atoms. The molecule has 114 valence electrons. The van der Waals surface area contributed by atoms with Gasteiger partial charge in [0.2, 0.25) is 0 Å². The molecule has 1 aliphatic heterocycles. The molecule has 1 rings (SSSR count). The Balaban J connectivity index is 2.76. The molecule has 2 unspecified atom stereocenters. The van der Waals surface area contributed by atoms with Crippen LogP contribution in [0.2, 0.25) is 0 Å². The van der Waals surface area contributed by atoms with Gasteiger partial charge >= 0.3 is 12.3 Å². The van der Waals surface area contributed by atoms with Gasteiger partial charge in [0.15, 0.2) is 0 Å². The van der Waals surface area contributed by atoms with Gasteiger partial charge in [0.1, 0.15) is 0 Å². The van der Waals surface area contributed by atoms with Crippen LogP contribution in [0.5, 0.6) is 0 Å². The normalized spacial score (nSPS) is 27.0. The maximum atomic E-state index is 13.3. The molecule has 2 atom stereocenters. The van der Waals surface area contributed by atoms with E-state index in [4.69, 9.17) is 0 Å². The maximum absolute atomic E-state index is 13.3. The lowest BCUT2D eigenvalue weighted by Gasteiger charge is -2.45. The molecule has 1 heterocycles. The lowest BCUT2D eigenvalue weighted by atomic mass is 9.84. The minimum atomic E-state index is -3.94. The molecular formula is C13H24F4N2. The number of nitrogens with zero attached hydrogens (tertiary/aromatic N) is 1. The summed E-state index contributed by atoms with van der Waals surface area (Å²) in [4.78, 5) is 1.51. The zero-order valence-corrected chi connectivity index (χ0v) is 12.0. The smallest absolute Gasteiger partial charge is 0.311 e. The van der Waals surface area contributed by atoms with Gasteiger partial charge in [0.05, 0.1) is 6.54 Å². The number of piperazine rings is 1. The molecule has 2 nitrogen and oxygen atoms in total. The molecule has 0 bridgehead atoms. The summed E-state index contributed by atoms with van der Waals surface area (Å²) in [6.07, 6.45) is -2.93. The van der Waals surface area contributed by atoms with E-state index in [1.54, 1.807) is 0 Å². The van der Waals surface area contributed by atoms with Crippen molar-refractivity contribution >= 4 is 0 Å². The third kappa shape index (κ3) is 4.31. The predicted octanol–water partition coefficient (Wildman–Crippen LogP) is 2.99. The summed E-state index contributed by atoms with van der Waals surface area (Å²) >= 11 is 0. The summed E-state index contributed by atoms with van der Waals surface area (Å²) < 4.78 is 51.2. The Hall–Kier alpha value is -0.360. The van der Waals surface area contributed by atoms with Crippen molar-refractivity contribution in [2.24, 2.45) is 5.41 Å². The molecule has 19 heavy (non-hydrogen) atoms. The highest BCUT2D eigenvalue weighted by molar-refractivity contribution is 4.93. The topological polar surface area (TPSA) is 15.3 Å². The van der Waals surface area contributed by atoms with Crippen molar-refractivity contribution in [1.82, 2.24) is 10.2 Å². The van der Waals surface area contributed by atoms with Gasteiger partial charge in [0, 0.05) is 25.2 Å². The highest BCUT2D eigenvalue weighted by Crippen LogP contribution is 2.29. The molecule has 0 aromatic rings. The van der Waals surface area contributed by atoms with Crippen molar-refractivity contribution in [2.45, 2.75) is 58.5 Å². The third-order valence-corrected chi connectivity index (χ3v) is 3.78. The van der Waals surface area contributed by atoms with Crippen molar-refractivity contribution in [1.29, 1.82) is 0 Å². The fraction of sp³-hybridized carbons (Fsp3) is 1.00. The average Bonchev–Trinajstić information content (AvgIpc) is 2.27. The number of alkyl halides is 4. The largest absolute Gasteiger partial charge is 0.319 e. The number of halogens is 4. The maximum Gasteiger partial charge on any atom is 0.319 e. The fourth-order valence-electron chi connectivity index (χ4n) is 2.37. The molecule has 0 aromatic heterocycles. The van der Waals surface area contributed by atoms with E-state index in [1.807, 2.05) is 27.7 Å². The van der Waals surface area contributed by atoms with Gasteiger partial charge in [-0.25, -0.2) is 8.78 Å². The molecule has 1 saturated heterocycles. The van der Waals surface area contributed by atoms with Gasteiger partial charge in [-0.05, 0) is 11.8 Å². The minimum absolute atomic E-state index is 0.0313. The van der Waals surface area contributed by atoms with Gasteiger partial charge in [-0.3, -0.25) is 4.90 Å². The Bertz CT molecular complexity index is 289. The molecule has 0 saturated carbocycles. The summed E-state index contributed by atoms with van der Waals surface area (Å²) in [6, 6.07) is -0.0769. The summed E-state index contributed by atoms with van der Waals surface area (Å²) in [5.74, 6) is -3.94. The Labute approximate surface area is 112 Å². The van der Waals surface area contributed by atoms with Crippen LogP contribution in [0.4, 0.5) is 17.6 Å². The predicted molar refractivity (Wildman–Crippen MR) is 67.8 cm³/mol. The van der Waals surface area contributed by atoms with Gasteiger partial charge in [-0.1, -0.05) is 27.7 Å². The second kappa shape index (κ2) is 5.95. The Morgan fingerprint density at radius 1 is 1.26 bits per heavy atom. The van der Waals surface area contributed by atoms with Crippen LogP contribution < -0.4 is 5.32 Å². The first-order chi connectivity index (χ1) is 8.58. The van der Waals surface area contributed by atoms with E-state index >= 15 is 0 Å². The summed E-state index contributed by atoms with van der Waals surface area (Å²) in [7, 11) is 0. The van der Waals surface area contributed by atoms with E-state index in [0.29, 0.717) is 19.5 Å². The summed E-state index contributed by atoms with van der Waals surface area (Å²) in [5, 5.41) is 3.33. The average molecular weight is 284 g/mol. The SMILES string of the molecule is CCC1CNC(C(C)(C)C)CN1CC(F)(F)C(F)F. The van der Waals surface area contributed by atoms with Crippen LogP contribution in [-0.4, -0.2) is 49.0 Å². The second-order valence-electron chi connectivity index (χ2n) is 6.38. The number of hydrogen-bond donors (Lipinski definition) is 1. The molecule has 1 N–H and O–H groups in total. The van der Waals surface area contributed by atoms with Crippen LogP contribution >= 0.6 is 0 Å². The van der Waals surface area contributed by atoms with E-state index in [1.165, 1.54) is 4.90 Å². The van der Waals surface area contributed by atoms with E-state index in [2.05, 4.69) is 5.32 Å². The molecule has 6 heteroatoms. The first kappa shape index (κ1) is 16.7. The lowest BCUT2D eigenvalue weighted by molar-refractivity contribution is -0.150. The van der Waals surface area contributed by atoms with Gasteiger partial charge in [0.25, 0.3) is 0 Å². The summed E-state index contributed by atoms with van der Waals surface area (Å²) in [5.41, 5.74) is -0.0862. The molecule has 0 aliphatic carbocycles. The lowest BCUT2D eigenvalue weighted by Crippen LogP contribution is -2.62. The quantitative estimate of drug-likeness (QED) is 0.798. The van der Waals surface area contributed by atoms with Crippen LogP contribution in [0.3, 0.4) is 0 Å². The van der Waals surface area contributed by atoms with E-state index in [0.717, 1.165) is 0 Å². The standard InChI is InChI=1S/C13H24F4N2/c1-5-9-6-18-10(12(2,3)4)7-19(9)8-13(16,17)11(14)15/h9-11,18H,5-8H2,1-4H3. The second-order valence-corrected chi connectivity index (χ2v) is 6.38. The molecular weight excluding hydrogens is 260 g/mol. The van der Waals surface area contributed by atoms with Crippen molar-refractivity contribution in [3.8, 4) is 0 Å². The Morgan fingerprint density at radius 3 is 2.26 bits per heavy atom. The van der Waals surface area contributed by atoms with Crippen molar-refractivity contribution < 1.29 is 17.6 Å². The van der Waals surface area contributed by atoms with Crippen LogP contribution in [0.25, 0.3) is 0 Å². The minimum Gasteiger partial charge on any atom is -0.311 e. The molecule has 1 aliphatic rings. The summed E-state index contributed by atoms with van der Waals surface area (Å²) in [6.45, 7) is 8.01. The van der Waals surface area contributed by atoms with Crippen LogP contribution in [0.1, 0.15) is 34.1 Å². The van der Waals surface area contributed by atoms with Gasteiger partial charge < -0.3 is 5.32 Å². The molecule has 1 fully saturated rings. The van der Waals surface area contributed by atoms with Crippen molar-refractivity contribution in [3.63, 3.8) is 0 Å². The monoisotopic (exact) mass is 284 g/mol. The van der Waals surface area contributed by atoms with E-state index < -0.39 is 18.9 Å². The van der Waals surface area contributed by atoms with Crippen LogP contribution in [0, 0.1) is 5.41 Å². The van der Waals surface area contributed by atoms with E-state index in [9.17, 15) is 17.6 Å². The number of nitrogens with one attached hydrogen (secondary N) is 1. The third-order valence-electron chi connectivity index (χ3n) is 3.78. The molecule has 0 aromatic carbocycles. The first-order valence-electron chi connectivity index (χ1n) is 6.71. The van der Waals surface area contributed by atoms with Gasteiger partial charge in [-0.2, -0.15) is 8.78 Å². The Morgan fingerprint density at radius 2 is 1.84 bits per heavy atom. The van der Waals surface area contributed by atoms with Crippen molar-refractivity contribution in [3.05, 3.63) is 0 Å². The van der Waals surface area contributed by atoms with Crippen LogP contribution in [-0.2, 0) is 0 Å². The molecule has 0 amide bonds. The van der Waals surface area contributed by atoms with E-state index in [-0.39, 0.29) is 17.5 Å². The highest BCUT2D eigenvalue weighted by Gasteiger charge is 2.45. The zero-order chi connectivity index (χ0) is 14.8. The first-order valence-corrected chi connectivity index (χ1v) is 6.71. The van der Waals surface area contributed by atoms with Crippen LogP contribution in [0.15, 0.2) is 0 Å². The Kier molecular flexibility index (Phi) is 5.23. The van der Waals surface area contributed by atoms with Crippen molar-refractivity contribution in [2.75, 3.05) is 19.6 Å². The van der Waals surface area contributed by atoms with Gasteiger partial charge in [-0.15, -0.1) is 0 Å². The number of hydrogen-bond acceptors (Lipinski definition) is 2. The number of rotatable bonds is 4. The highest BCUT2D eigenvalue weighted by atomic mass is 19.3. The molecule has 0 radical (unpaired) electrons.